The molecule has 0 saturated carbocycles. The maximum absolute atomic E-state index is 8.49. The Bertz CT molecular complexity index is 1400. The first-order valence-corrected chi connectivity index (χ1v) is 16.0. The van der Waals surface area contributed by atoms with Gasteiger partial charge in [-0.2, -0.15) is 0 Å². The smallest absolute Gasteiger partial charge is 0.412 e. The minimum Gasteiger partial charge on any atom is -0.412 e. The second kappa shape index (κ2) is 40.3. The number of nitrogens with zero attached hydrogens (tertiary/aromatic N) is 14. The molecular weight excluding hydrogens is 865 g/mol. The molecule has 4 heterocycles. The molecule has 0 aliphatic carbocycles. The Morgan fingerprint density at radius 2 is 0.600 bits per heavy atom. The summed E-state index contributed by atoms with van der Waals surface area (Å²) in [5.74, 6) is 0. The molecule has 4 rings (SSSR count). The Morgan fingerprint density at radius 1 is 0.436 bits per heavy atom. The van der Waals surface area contributed by atoms with E-state index in [1.54, 1.807) is 49.6 Å². The van der Waals surface area contributed by atoms with Crippen LogP contribution in [0.3, 0.4) is 0 Å². The van der Waals surface area contributed by atoms with Crippen LogP contribution >= 0.6 is 0 Å². The van der Waals surface area contributed by atoms with E-state index >= 15 is 0 Å². The maximum Gasteiger partial charge on any atom is 2.00 e. The summed E-state index contributed by atoms with van der Waals surface area (Å²) >= 11 is 0. The van der Waals surface area contributed by atoms with Crippen molar-refractivity contribution in [3.8, 4) is 0 Å². The van der Waals surface area contributed by atoms with E-state index in [1.807, 2.05) is 72.8 Å². The topological polar surface area (TPSA) is 434 Å². The molecule has 300 valence electrons. The monoisotopic (exact) mass is 892 g/mol. The van der Waals surface area contributed by atoms with Gasteiger partial charge in [0.2, 0.25) is 0 Å². The van der Waals surface area contributed by atoms with Gasteiger partial charge in [0.25, 0.3) is 0 Å². The number of pyridine rings is 4. The normalized spacial score (nSPS) is 9.89. The number of hydrogen-bond donors (Lipinski definition) is 0. The molecule has 0 atom stereocenters. The summed E-state index contributed by atoms with van der Waals surface area (Å²) in [4.78, 5) is 36.6. The van der Waals surface area contributed by atoms with Crippen molar-refractivity contribution in [2.45, 2.75) is 0 Å². The predicted octanol–water partition coefficient (Wildman–Crippen LogP) is -4.58. The average molecular weight is 895 g/mol. The third-order valence-electron chi connectivity index (χ3n) is 4.36. The van der Waals surface area contributed by atoms with E-state index in [2.05, 4.69) is 39.9 Å². The molecule has 0 spiro atoms. The fraction of sp³-hybridized carbons (Fsp3) is 0.143. The second-order valence-electron chi connectivity index (χ2n) is 8.09. The molecule has 0 saturated heterocycles. The summed E-state index contributed by atoms with van der Waals surface area (Å²) in [7, 11) is -9.89. The molecule has 0 unspecified atom stereocenters. The minimum atomic E-state index is -4.94. The molecular formula is C28H30Cl2N14Ni2O9. The molecule has 0 fully saturated rings. The van der Waals surface area contributed by atoms with Gasteiger partial charge in [0.05, 0.1) is 49.0 Å². The minimum absolute atomic E-state index is 0. The quantitative estimate of drug-likeness (QED) is 0.0363. The van der Waals surface area contributed by atoms with E-state index in [0.29, 0.717) is 26.2 Å². The number of aliphatic imine (C=N–C) groups is 4. The van der Waals surface area contributed by atoms with E-state index in [-0.39, 0.29) is 38.5 Å². The van der Waals surface area contributed by atoms with Gasteiger partial charge < -0.3 is 27.6 Å². The van der Waals surface area contributed by atoms with Gasteiger partial charge in [0.1, 0.15) is 0 Å². The van der Waals surface area contributed by atoms with Gasteiger partial charge in [-0.15, -0.1) is 20.5 Å². The van der Waals surface area contributed by atoms with Gasteiger partial charge >= 0.3 is 33.0 Å². The van der Waals surface area contributed by atoms with Crippen molar-refractivity contribution < 1.29 is 96.2 Å². The Hall–Kier alpha value is -4.89. The zero-order chi connectivity index (χ0) is 39.4. The second-order valence-corrected chi connectivity index (χ2v) is 9.61. The zero-order valence-corrected chi connectivity index (χ0v) is 31.3. The van der Waals surface area contributed by atoms with E-state index in [4.69, 9.17) is 59.4 Å². The SMILES string of the molecule is C(=NCCN=Cc1ccccn1)c1ccccn1.C(=NCCN=Cc1ccccn1)c1ccccn1.O.[N-]=[N+]=[N-].[N-]=[N+]=[N-].[Ni+2].[Ni+2].[O-][Cl+3]([O-])([O-])[O-].[O-][Cl+3]([O-])([O-])[O-]. The van der Waals surface area contributed by atoms with Crippen molar-refractivity contribution in [1.29, 1.82) is 0 Å². The van der Waals surface area contributed by atoms with Crippen molar-refractivity contribution in [2.24, 2.45) is 20.0 Å². The molecule has 0 radical (unpaired) electrons. The first-order valence-electron chi connectivity index (χ1n) is 13.6. The molecule has 23 nitrogen and oxygen atoms in total. The molecule has 4 aromatic heterocycles. The Morgan fingerprint density at radius 3 is 0.727 bits per heavy atom. The van der Waals surface area contributed by atoms with Crippen molar-refractivity contribution in [3.05, 3.63) is 152 Å². The summed E-state index contributed by atoms with van der Waals surface area (Å²) in [6.07, 6.45) is 14.0. The summed E-state index contributed by atoms with van der Waals surface area (Å²) < 4.78 is 67.9. The van der Waals surface area contributed by atoms with Crippen LogP contribution in [-0.4, -0.2) is 76.4 Å². The molecule has 27 heteroatoms. The first kappa shape index (κ1) is 59.4. The molecule has 55 heavy (non-hydrogen) atoms. The molecule has 0 aliphatic rings. The van der Waals surface area contributed by atoms with Gasteiger partial charge in [-0.3, -0.25) is 49.7 Å². The predicted molar refractivity (Wildman–Crippen MR) is 171 cm³/mol. The zero-order valence-electron chi connectivity index (χ0n) is 27.8. The van der Waals surface area contributed by atoms with E-state index in [9.17, 15) is 0 Å². The molecule has 0 amide bonds. The van der Waals surface area contributed by atoms with Crippen molar-refractivity contribution in [1.82, 2.24) is 19.9 Å². The fourth-order valence-corrected chi connectivity index (χ4v) is 2.67. The van der Waals surface area contributed by atoms with Crippen LogP contribution in [0.25, 0.3) is 31.9 Å². The standard InChI is InChI=1S/2C14H14N4.2ClHO4.2N3.2Ni.H2O/c2*1-3-7-17-13(5-1)11-15-9-10-16-12-14-6-2-4-8-18-14;2*2-1(3,4)5;2*1-3-2;;;/h2*1-8,11-12H,9-10H2;2*(H,2,3,4,5);;;;;1H2/q;;;;2*-1;2*+2;/p-2. The van der Waals surface area contributed by atoms with Crippen LogP contribution < -0.4 is 37.3 Å². The van der Waals surface area contributed by atoms with E-state index in [0.717, 1.165) is 22.8 Å². The third kappa shape index (κ3) is 53.6. The molecule has 2 N–H and O–H groups in total. The van der Waals surface area contributed by atoms with Crippen LogP contribution in [0.1, 0.15) is 22.8 Å². The average Bonchev–Trinajstić information content (AvgIpc) is 3.09. The largest absolute Gasteiger partial charge is 2.00 e. The van der Waals surface area contributed by atoms with Gasteiger partial charge in [-0.25, -0.2) is 37.3 Å². The van der Waals surface area contributed by atoms with Gasteiger partial charge in [0, 0.05) is 49.6 Å². The maximum atomic E-state index is 8.49. The summed E-state index contributed by atoms with van der Waals surface area (Å²) in [6.45, 7) is 2.61. The van der Waals surface area contributed by atoms with Gasteiger partial charge in [-0.05, 0) is 48.5 Å². The first-order chi connectivity index (χ1) is 24.7. The van der Waals surface area contributed by atoms with Crippen LogP contribution in [0.4, 0.5) is 0 Å². The Labute approximate surface area is 338 Å². The number of rotatable bonds is 10. The van der Waals surface area contributed by atoms with Gasteiger partial charge in [-0.1, -0.05) is 24.3 Å². The van der Waals surface area contributed by atoms with Crippen LogP contribution in [0.5, 0.6) is 0 Å². The molecule has 0 bridgehead atoms. The van der Waals surface area contributed by atoms with Crippen LogP contribution in [0, 0.1) is 20.5 Å². The van der Waals surface area contributed by atoms with Crippen LogP contribution in [-0.2, 0) is 33.0 Å². The molecule has 0 aliphatic heterocycles. The molecule has 4 aromatic rings. The molecule has 0 aromatic carbocycles. The van der Waals surface area contributed by atoms with Crippen molar-refractivity contribution >= 4 is 24.9 Å². The summed E-state index contributed by atoms with van der Waals surface area (Å²) in [5, 5.41) is 0. The van der Waals surface area contributed by atoms with Crippen LogP contribution in [0.15, 0.2) is 118 Å². The van der Waals surface area contributed by atoms with Crippen molar-refractivity contribution in [2.75, 3.05) is 26.2 Å². The Balaban J connectivity index is -0.000000211. The van der Waals surface area contributed by atoms with Crippen molar-refractivity contribution in [3.63, 3.8) is 0 Å². The summed E-state index contributed by atoms with van der Waals surface area (Å²) in [6, 6.07) is 23.0. The van der Waals surface area contributed by atoms with E-state index in [1.165, 1.54) is 9.82 Å². The van der Waals surface area contributed by atoms with E-state index < -0.39 is 20.5 Å². The summed E-state index contributed by atoms with van der Waals surface area (Å²) in [5.41, 5.74) is 30.5. The van der Waals surface area contributed by atoms with Crippen LogP contribution in [0.2, 0.25) is 0 Å². The Kier molecular flexibility index (Phi) is 43.5. The number of halogens is 2. The van der Waals surface area contributed by atoms with Gasteiger partial charge in [0.15, 0.2) is 0 Å². The third-order valence-corrected chi connectivity index (χ3v) is 4.36. The number of hydrogen-bond acceptors (Lipinski definition) is 16. The number of aromatic nitrogens is 4. The fourth-order valence-electron chi connectivity index (χ4n) is 2.67.